The second-order valence-electron chi connectivity index (χ2n) is 6.32. The van der Waals surface area contributed by atoms with E-state index in [2.05, 4.69) is 64.9 Å². The van der Waals surface area contributed by atoms with Crippen molar-refractivity contribution in [1.82, 2.24) is 15.5 Å². The third-order valence-electron chi connectivity index (χ3n) is 4.04. The Morgan fingerprint density at radius 2 is 1.73 bits per heavy atom. The highest BCUT2D eigenvalue weighted by Gasteiger charge is 2.15. The highest BCUT2D eigenvalue weighted by Crippen LogP contribution is 2.21. The van der Waals surface area contributed by atoms with E-state index in [4.69, 9.17) is 10.2 Å². The molecule has 2 atom stereocenters. The van der Waals surface area contributed by atoms with Gasteiger partial charge < -0.3 is 15.5 Å². The Bertz CT molecular complexity index is 693. The molecule has 1 aliphatic heterocycles. The van der Waals surface area contributed by atoms with E-state index in [1.807, 2.05) is 18.2 Å². The molecule has 1 saturated heterocycles. The highest BCUT2D eigenvalue weighted by atomic mass is 16.4. The van der Waals surface area contributed by atoms with Crippen LogP contribution in [0.4, 0.5) is 0 Å². The van der Waals surface area contributed by atoms with Gasteiger partial charge in [-0.3, -0.25) is 0 Å². The minimum absolute atomic E-state index is 0.155. The second-order valence-corrected chi connectivity index (χ2v) is 6.32. The third kappa shape index (κ3) is 7.17. The van der Waals surface area contributed by atoms with Gasteiger partial charge in [0.2, 0.25) is 12.3 Å². The molecule has 2 aromatic carbocycles. The molecule has 4 rings (SSSR count). The van der Waals surface area contributed by atoms with Crippen LogP contribution >= 0.6 is 0 Å². The molecule has 0 bridgehead atoms. The maximum Gasteiger partial charge on any atom is 0.232 e. The van der Waals surface area contributed by atoms with Gasteiger partial charge in [0.1, 0.15) is 0 Å². The lowest BCUT2D eigenvalue weighted by Gasteiger charge is -2.06. The first-order valence-electron chi connectivity index (χ1n) is 8.95. The molecule has 3 aromatic rings. The molecule has 1 aliphatic rings. The van der Waals surface area contributed by atoms with Crippen LogP contribution in [0.2, 0.25) is 0 Å². The van der Waals surface area contributed by atoms with Crippen LogP contribution < -0.4 is 11.1 Å². The van der Waals surface area contributed by atoms with Crippen LogP contribution in [0.15, 0.2) is 71.5 Å². The van der Waals surface area contributed by atoms with Gasteiger partial charge in [0.15, 0.2) is 0 Å². The molecule has 0 spiro atoms. The van der Waals surface area contributed by atoms with Crippen molar-refractivity contribution in [2.24, 2.45) is 5.73 Å². The number of hydrogen-bond acceptors (Lipinski definition) is 5. The molecule has 3 N–H and O–H groups in total. The summed E-state index contributed by atoms with van der Waals surface area (Å²) in [5.74, 6) is 1.24. The first-order valence-corrected chi connectivity index (χ1v) is 8.95. The Morgan fingerprint density at radius 1 is 1.08 bits per heavy atom. The largest absolute Gasteiger partial charge is 0.426 e. The molecule has 138 valence electrons. The van der Waals surface area contributed by atoms with E-state index in [0.717, 1.165) is 12.5 Å². The van der Waals surface area contributed by atoms with Crippen LogP contribution in [0.5, 0.6) is 0 Å². The lowest BCUT2D eigenvalue weighted by Crippen LogP contribution is -2.07. The average Bonchev–Trinajstić information content (AvgIpc) is 3.38. The lowest BCUT2D eigenvalue weighted by atomic mass is 9.99. The number of nitrogens with two attached hydrogens (primary N) is 1. The standard InChI is InChI=1S/C10H13N.C7H8.C4H7N3O/c1-2-4-9(5-3-1)10-6-7-11-8-10;1-7-5-3-2-4-6-7;1-3(5)4-7-6-2-8-4/h1-5,10-11H,6-8H2;2-6H,1H3;2-3H,5H2,1H3. The molecule has 2 heterocycles. The molecule has 1 fully saturated rings. The first kappa shape index (κ1) is 19.8. The second kappa shape index (κ2) is 11.2. The van der Waals surface area contributed by atoms with Gasteiger partial charge in [0, 0.05) is 6.54 Å². The zero-order valence-electron chi connectivity index (χ0n) is 15.5. The summed E-state index contributed by atoms with van der Waals surface area (Å²) in [6.07, 6.45) is 2.56. The molecule has 2 unspecified atom stereocenters. The summed E-state index contributed by atoms with van der Waals surface area (Å²) in [7, 11) is 0. The maximum absolute atomic E-state index is 5.36. The van der Waals surface area contributed by atoms with Crippen molar-refractivity contribution >= 4 is 0 Å². The summed E-state index contributed by atoms with van der Waals surface area (Å²) in [5.41, 5.74) is 8.17. The van der Waals surface area contributed by atoms with Crippen molar-refractivity contribution in [1.29, 1.82) is 0 Å². The van der Waals surface area contributed by atoms with Crippen molar-refractivity contribution in [3.8, 4) is 0 Å². The molecular weight excluding hydrogens is 324 g/mol. The van der Waals surface area contributed by atoms with Gasteiger partial charge in [0.25, 0.3) is 0 Å². The van der Waals surface area contributed by atoms with Gasteiger partial charge in [-0.1, -0.05) is 66.2 Å². The number of aromatic nitrogens is 2. The molecule has 0 radical (unpaired) electrons. The summed E-state index contributed by atoms with van der Waals surface area (Å²) in [5, 5.41) is 10.4. The lowest BCUT2D eigenvalue weighted by molar-refractivity contribution is 0.463. The Labute approximate surface area is 155 Å². The molecule has 1 aromatic heterocycles. The van der Waals surface area contributed by atoms with Gasteiger partial charge in [-0.15, -0.1) is 10.2 Å². The van der Waals surface area contributed by atoms with E-state index in [1.165, 1.54) is 30.5 Å². The van der Waals surface area contributed by atoms with E-state index in [-0.39, 0.29) is 6.04 Å². The van der Waals surface area contributed by atoms with Crippen molar-refractivity contribution in [3.05, 3.63) is 84.1 Å². The number of nitrogens with zero attached hydrogens (tertiary/aromatic N) is 2. The summed E-state index contributed by atoms with van der Waals surface area (Å²) < 4.78 is 4.75. The van der Waals surface area contributed by atoms with Crippen molar-refractivity contribution in [2.45, 2.75) is 32.2 Å². The number of aryl methyl sites for hydroxylation is 1. The SMILES string of the molecule is CC(N)c1nnco1.Cc1ccccc1.c1ccc(C2CCNC2)cc1. The number of nitrogens with one attached hydrogen (secondary N) is 1. The topological polar surface area (TPSA) is 77.0 Å². The Morgan fingerprint density at radius 3 is 2.12 bits per heavy atom. The smallest absolute Gasteiger partial charge is 0.232 e. The highest BCUT2D eigenvalue weighted by molar-refractivity contribution is 5.20. The van der Waals surface area contributed by atoms with Crippen molar-refractivity contribution in [2.75, 3.05) is 13.1 Å². The van der Waals surface area contributed by atoms with E-state index in [1.54, 1.807) is 6.92 Å². The number of rotatable bonds is 2. The Kier molecular flexibility index (Phi) is 8.52. The van der Waals surface area contributed by atoms with Gasteiger partial charge in [-0.2, -0.15) is 0 Å². The average molecular weight is 352 g/mol. The molecule has 26 heavy (non-hydrogen) atoms. The molecule has 0 amide bonds. The third-order valence-corrected chi connectivity index (χ3v) is 4.04. The van der Waals surface area contributed by atoms with Crippen LogP contribution in [0.1, 0.15) is 42.3 Å². The van der Waals surface area contributed by atoms with Crippen LogP contribution in [-0.2, 0) is 0 Å². The van der Waals surface area contributed by atoms with Gasteiger partial charge in [0.05, 0.1) is 6.04 Å². The van der Waals surface area contributed by atoms with Crippen LogP contribution in [0.3, 0.4) is 0 Å². The van der Waals surface area contributed by atoms with E-state index < -0.39 is 0 Å². The maximum atomic E-state index is 5.36. The first-order chi connectivity index (χ1) is 12.7. The van der Waals surface area contributed by atoms with Gasteiger partial charge >= 0.3 is 0 Å². The van der Waals surface area contributed by atoms with Crippen LogP contribution in [-0.4, -0.2) is 23.3 Å². The molecule has 5 nitrogen and oxygen atoms in total. The van der Waals surface area contributed by atoms with Crippen molar-refractivity contribution in [3.63, 3.8) is 0 Å². The number of hydrogen-bond donors (Lipinski definition) is 2. The zero-order chi connectivity index (χ0) is 18.6. The Hall–Kier alpha value is -2.50. The van der Waals surface area contributed by atoms with Crippen LogP contribution in [0.25, 0.3) is 0 Å². The quantitative estimate of drug-likeness (QED) is 0.732. The minimum Gasteiger partial charge on any atom is -0.426 e. The molecular formula is C21H28N4O. The summed E-state index contributed by atoms with van der Waals surface area (Å²) in [6, 6.07) is 20.9. The summed E-state index contributed by atoms with van der Waals surface area (Å²) in [4.78, 5) is 0. The molecule has 0 aliphatic carbocycles. The van der Waals surface area contributed by atoms with Gasteiger partial charge in [-0.25, -0.2) is 0 Å². The van der Waals surface area contributed by atoms with E-state index in [0.29, 0.717) is 5.89 Å². The number of benzene rings is 2. The van der Waals surface area contributed by atoms with Crippen molar-refractivity contribution < 1.29 is 4.42 Å². The fourth-order valence-electron chi connectivity index (χ4n) is 2.58. The zero-order valence-corrected chi connectivity index (χ0v) is 15.5. The Balaban J connectivity index is 0.000000145. The molecule has 0 saturated carbocycles. The van der Waals surface area contributed by atoms with E-state index in [9.17, 15) is 0 Å². The minimum atomic E-state index is -0.155. The predicted octanol–water partition coefficient (Wildman–Crippen LogP) is 3.85. The predicted molar refractivity (Wildman–Crippen MR) is 105 cm³/mol. The van der Waals surface area contributed by atoms with Crippen LogP contribution in [0, 0.1) is 6.92 Å². The molecule has 5 heteroatoms. The van der Waals surface area contributed by atoms with Gasteiger partial charge in [-0.05, 0) is 38.3 Å². The van der Waals surface area contributed by atoms with E-state index >= 15 is 0 Å². The summed E-state index contributed by atoms with van der Waals surface area (Å²) in [6.45, 7) is 6.21. The summed E-state index contributed by atoms with van der Waals surface area (Å²) >= 11 is 0. The normalized spacial score (nSPS) is 16.7. The fourth-order valence-corrected chi connectivity index (χ4v) is 2.58. The fraction of sp³-hybridized carbons (Fsp3) is 0.333. The monoisotopic (exact) mass is 352 g/mol.